The van der Waals surface area contributed by atoms with Crippen molar-refractivity contribution in [2.24, 2.45) is 0 Å². The summed E-state index contributed by atoms with van der Waals surface area (Å²) in [6.07, 6.45) is 0. The molecule has 1 amide bonds. The molecule has 0 radical (unpaired) electrons. The number of aryl methyl sites for hydroxylation is 1. The van der Waals surface area contributed by atoms with E-state index >= 15 is 0 Å². The number of hydrogen-bond donors (Lipinski definition) is 1. The molecule has 0 atom stereocenters. The average Bonchev–Trinajstić information content (AvgIpc) is 2.60. The van der Waals surface area contributed by atoms with Crippen LogP contribution in [0.4, 0.5) is 5.95 Å². The molecule has 1 aromatic heterocycles. The molecule has 6 heteroatoms. The van der Waals surface area contributed by atoms with Crippen LogP contribution in [0.15, 0.2) is 24.3 Å². The first kappa shape index (κ1) is 20.7. The SMILES string of the molecule is CCN(CC)C(=O)c1c(C)nc(N)nc1COc1ccc(C(C)(C)C)cc1. The summed E-state index contributed by atoms with van der Waals surface area (Å²) in [5, 5.41) is 0. The minimum absolute atomic E-state index is 0.0834. The Morgan fingerprint density at radius 1 is 1.11 bits per heavy atom. The first-order chi connectivity index (χ1) is 12.7. The Labute approximate surface area is 161 Å². The molecule has 0 unspecified atom stereocenters. The van der Waals surface area contributed by atoms with E-state index in [2.05, 4.69) is 42.9 Å². The number of nitrogens with zero attached hydrogens (tertiary/aromatic N) is 3. The van der Waals surface area contributed by atoms with Crippen LogP contribution in [0.5, 0.6) is 5.75 Å². The molecule has 6 nitrogen and oxygen atoms in total. The zero-order valence-corrected chi connectivity index (χ0v) is 17.2. The van der Waals surface area contributed by atoms with E-state index in [1.165, 1.54) is 5.56 Å². The van der Waals surface area contributed by atoms with Gasteiger partial charge < -0.3 is 15.4 Å². The molecule has 0 aliphatic carbocycles. The number of nitrogens with two attached hydrogens (primary N) is 1. The predicted molar refractivity (Wildman–Crippen MR) is 108 cm³/mol. The van der Waals surface area contributed by atoms with Crippen molar-refractivity contribution < 1.29 is 9.53 Å². The molecule has 0 spiro atoms. The number of anilines is 1. The van der Waals surface area contributed by atoms with E-state index in [1.54, 1.807) is 11.8 Å². The second-order valence-corrected chi connectivity index (χ2v) is 7.53. The number of aromatic nitrogens is 2. The molecule has 2 rings (SSSR count). The molecular formula is C21H30N4O2. The van der Waals surface area contributed by atoms with E-state index in [-0.39, 0.29) is 23.9 Å². The third-order valence-corrected chi connectivity index (χ3v) is 4.54. The van der Waals surface area contributed by atoms with Crippen molar-refractivity contribution in [2.45, 2.75) is 53.6 Å². The molecule has 0 aliphatic heterocycles. The Bertz CT molecular complexity index is 791. The zero-order chi connectivity index (χ0) is 20.2. The Balaban J connectivity index is 2.26. The summed E-state index contributed by atoms with van der Waals surface area (Å²) in [5.41, 5.74) is 8.67. The van der Waals surface area contributed by atoms with Crippen LogP contribution in [0, 0.1) is 6.92 Å². The molecular weight excluding hydrogens is 340 g/mol. The van der Waals surface area contributed by atoms with E-state index in [0.717, 1.165) is 5.75 Å². The number of amides is 1. The van der Waals surface area contributed by atoms with Gasteiger partial charge in [-0.3, -0.25) is 4.79 Å². The molecule has 0 saturated carbocycles. The van der Waals surface area contributed by atoms with Gasteiger partial charge in [-0.1, -0.05) is 32.9 Å². The van der Waals surface area contributed by atoms with Crippen LogP contribution < -0.4 is 10.5 Å². The quantitative estimate of drug-likeness (QED) is 0.838. The van der Waals surface area contributed by atoms with Crippen LogP contribution in [0.2, 0.25) is 0 Å². The van der Waals surface area contributed by atoms with E-state index in [4.69, 9.17) is 10.5 Å². The molecule has 1 heterocycles. The molecule has 0 bridgehead atoms. The number of rotatable bonds is 6. The fourth-order valence-electron chi connectivity index (χ4n) is 2.91. The Kier molecular flexibility index (Phi) is 6.41. The van der Waals surface area contributed by atoms with Crippen LogP contribution in [-0.2, 0) is 12.0 Å². The van der Waals surface area contributed by atoms with Gasteiger partial charge >= 0.3 is 0 Å². The number of hydrogen-bond acceptors (Lipinski definition) is 5. The summed E-state index contributed by atoms with van der Waals surface area (Å²) in [6, 6.07) is 7.97. The van der Waals surface area contributed by atoms with Gasteiger partial charge in [0.1, 0.15) is 12.4 Å². The molecule has 1 aromatic carbocycles. The molecule has 27 heavy (non-hydrogen) atoms. The second kappa shape index (κ2) is 8.37. The van der Waals surface area contributed by atoms with E-state index in [9.17, 15) is 4.79 Å². The van der Waals surface area contributed by atoms with Gasteiger partial charge in [-0.15, -0.1) is 0 Å². The third kappa shape index (κ3) is 4.96. The molecule has 146 valence electrons. The summed E-state index contributed by atoms with van der Waals surface area (Å²) >= 11 is 0. The lowest BCUT2D eigenvalue weighted by Crippen LogP contribution is -2.32. The Hall–Kier alpha value is -2.63. The fraction of sp³-hybridized carbons (Fsp3) is 0.476. The zero-order valence-electron chi connectivity index (χ0n) is 17.2. The largest absolute Gasteiger partial charge is 0.487 e. The monoisotopic (exact) mass is 370 g/mol. The highest BCUT2D eigenvalue weighted by Crippen LogP contribution is 2.25. The first-order valence-electron chi connectivity index (χ1n) is 9.33. The highest BCUT2D eigenvalue weighted by Gasteiger charge is 2.22. The summed E-state index contributed by atoms with van der Waals surface area (Å²) in [6.45, 7) is 13.6. The van der Waals surface area contributed by atoms with Crippen LogP contribution in [0.25, 0.3) is 0 Å². The van der Waals surface area contributed by atoms with Gasteiger partial charge in [0.25, 0.3) is 5.91 Å². The second-order valence-electron chi connectivity index (χ2n) is 7.53. The minimum Gasteiger partial charge on any atom is -0.487 e. The number of carbonyl (C=O) groups is 1. The summed E-state index contributed by atoms with van der Waals surface area (Å²) in [4.78, 5) is 23.1. The summed E-state index contributed by atoms with van der Waals surface area (Å²) in [5.74, 6) is 0.767. The molecule has 0 fully saturated rings. The lowest BCUT2D eigenvalue weighted by molar-refractivity contribution is 0.0768. The van der Waals surface area contributed by atoms with Gasteiger partial charge in [0.2, 0.25) is 5.95 Å². The van der Waals surface area contributed by atoms with Crippen molar-refractivity contribution in [1.29, 1.82) is 0 Å². The van der Waals surface area contributed by atoms with Gasteiger partial charge in [0, 0.05) is 13.1 Å². The van der Waals surface area contributed by atoms with E-state index in [0.29, 0.717) is 30.0 Å². The van der Waals surface area contributed by atoms with Crippen LogP contribution in [0.1, 0.15) is 61.9 Å². The fourth-order valence-corrected chi connectivity index (χ4v) is 2.91. The van der Waals surface area contributed by atoms with Crippen LogP contribution >= 0.6 is 0 Å². The number of ether oxygens (including phenoxy) is 1. The number of carbonyl (C=O) groups excluding carboxylic acids is 1. The lowest BCUT2D eigenvalue weighted by atomic mass is 9.87. The summed E-state index contributed by atoms with van der Waals surface area (Å²) in [7, 11) is 0. The minimum atomic E-state index is -0.0980. The highest BCUT2D eigenvalue weighted by molar-refractivity contribution is 5.96. The average molecular weight is 370 g/mol. The Morgan fingerprint density at radius 3 is 2.22 bits per heavy atom. The highest BCUT2D eigenvalue weighted by atomic mass is 16.5. The maximum absolute atomic E-state index is 12.9. The van der Waals surface area contributed by atoms with E-state index in [1.807, 2.05) is 26.0 Å². The molecule has 0 saturated heterocycles. The summed E-state index contributed by atoms with van der Waals surface area (Å²) < 4.78 is 5.89. The lowest BCUT2D eigenvalue weighted by Gasteiger charge is -2.21. The standard InChI is InChI=1S/C21H30N4O2/c1-7-25(8-2)19(26)18-14(3)23-20(22)24-17(18)13-27-16-11-9-15(10-12-16)21(4,5)6/h9-12H,7-8,13H2,1-6H3,(H2,22,23,24). The van der Waals surface area contributed by atoms with E-state index < -0.39 is 0 Å². The van der Waals surface area contributed by atoms with Crippen molar-refractivity contribution in [2.75, 3.05) is 18.8 Å². The smallest absolute Gasteiger partial charge is 0.257 e. The van der Waals surface area contributed by atoms with Gasteiger partial charge in [-0.25, -0.2) is 9.97 Å². The van der Waals surface area contributed by atoms with Gasteiger partial charge in [-0.05, 0) is 43.9 Å². The topological polar surface area (TPSA) is 81.3 Å². The third-order valence-electron chi connectivity index (χ3n) is 4.54. The van der Waals surface area contributed by atoms with Crippen molar-refractivity contribution in [3.05, 3.63) is 46.8 Å². The van der Waals surface area contributed by atoms with Crippen molar-refractivity contribution in [1.82, 2.24) is 14.9 Å². The van der Waals surface area contributed by atoms with Crippen molar-refractivity contribution in [3.63, 3.8) is 0 Å². The molecule has 2 N–H and O–H groups in total. The maximum atomic E-state index is 12.9. The number of nitrogen functional groups attached to an aromatic ring is 1. The maximum Gasteiger partial charge on any atom is 0.257 e. The number of benzene rings is 1. The normalized spacial score (nSPS) is 11.3. The molecule has 0 aliphatic rings. The van der Waals surface area contributed by atoms with Gasteiger partial charge in [0.05, 0.1) is 17.0 Å². The Morgan fingerprint density at radius 2 is 1.70 bits per heavy atom. The van der Waals surface area contributed by atoms with Crippen molar-refractivity contribution in [3.8, 4) is 5.75 Å². The predicted octanol–water partition coefficient (Wildman–Crippen LogP) is 3.73. The van der Waals surface area contributed by atoms with Crippen LogP contribution in [0.3, 0.4) is 0 Å². The first-order valence-corrected chi connectivity index (χ1v) is 9.33. The van der Waals surface area contributed by atoms with Crippen molar-refractivity contribution >= 4 is 11.9 Å². The molecule has 2 aromatic rings. The van der Waals surface area contributed by atoms with Gasteiger partial charge in [0.15, 0.2) is 0 Å². The van der Waals surface area contributed by atoms with Crippen LogP contribution in [-0.4, -0.2) is 33.9 Å². The van der Waals surface area contributed by atoms with Gasteiger partial charge in [-0.2, -0.15) is 0 Å².